The Labute approximate surface area is 79.7 Å². The van der Waals surface area contributed by atoms with Crippen molar-refractivity contribution in [3.05, 3.63) is 34.9 Å². The van der Waals surface area contributed by atoms with Crippen molar-refractivity contribution >= 4 is 0 Å². The van der Waals surface area contributed by atoms with Crippen molar-refractivity contribution in [2.75, 3.05) is 6.61 Å². The van der Waals surface area contributed by atoms with E-state index >= 15 is 0 Å². The summed E-state index contributed by atoms with van der Waals surface area (Å²) in [5.41, 5.74) is 4.08. The minimum Gasteiger partial charge on any atom is -0.374 e. The summed E-state index contributed by atoms with van der Waals surface area (Å²) in [4.78, 5) is 0. The van der Waals surface area contributed by atoms with Crippen LogP contribution in [0.3, 0.4) is 0 Å². The summed E-state index contributed by atoms with van der Waals surface area (Å²) in [6.45, 7) is 5.23. The molecule has 1 aliphatic heterocycles. The molecule has 0 aliphatic carbocycles. The Morgan fingerprint density at radius 3 is 2.77 bits per heavy atom. The Balaban J connectivity index is 2.29. The predicted octanol–water partition coefficient (Wildman–Crippen LogP) is 3.15. The molecule has 1 nitrogen and oxygen atoms in total. The van der Waals surface area contributed by atoms with E-state index in [0.717, 1.165) is 6.61 Å². The zero-order valence-corrected chi connectivity index (χ0v) is 8.34. The fraction of sp³-hybridized carbons (Fsp3) is 0.500. The molecule has 1 heteroatoms. The van der Waals surface area contributed by atoms with Crippen LogP contribution >= 0.6 is 0 Å². The topological polar surface area (TPSA) is 9.23 Å². The first-order chi connectivity index (χ1) is 6.27. The van der Waals surface area contributed by atoms with Gasteiger partial charge in [0, 0.05) is 6.61 Å². The van der Waals surface area contributed by atoms with Crippen LogP contribution in [0.15, 0.2) is 18.2 Å². The van der Waals surface area contributed by atoms with E-state index in [4.69, 9.17) is 4.74 Å². The van der Waals surface area contributed by atoms with Gasteiger partial charge in [0.15, 0.2) is 0 Å². The van der Waals surface area contributed by atoms with Gasteiger partial charge in [-0.2, -0.15) is 0 Å². The molecule has 0 unspecified atom stereocenters. The molecule has 2 rings (SSSR count). The van der Waals surface area contributed by atoms with Crippen LogP contribution in [0.25, 0.3) is 0 Å². The molecule has 0 amide bonds. The summed E-state index contributed by atoms with van der Waals surface area (Å²) in [6.07, 6.45) is 2.75. The maximum absolute atomic E-state index is 5.66. The molecule has 0 bridgehead atoms. The number of aryl methyl sites for hydroxylation is 2. The second kappa shape index (κ2) is 3.51. The average molecular weight is 176 g/mol. The molecule has 0 N–H and O–H groups in total. The number of ether oxygens (including phenoxy) is 1. The van der Waals surface area contributed by atoms with Crippen molar-refractivity contribution in [2.45, 2.75) is 32.8 Å². The van der Waals surface area contributed by atoms with Crippen molar-refractivity contribution in [3.63, 3.8) is 0 Å². The molecule has 1 heterocycles. The monoisotopic (exact) mass is 176 g/mol. The first kappa shape index (κ1) is 8.76. The lowest BCUT2D eigenvalue weighted by atomic mass is 9.99. The first-order valence-electron chi connectivity index (χ1n) is 4.96. The van der Waals surface area contributed by atoms with Crippen molar-refractivity contribution in [1.29, 1.82) is 0 Å². The van der Waals surface area contributed by atoms with E-state index in [9.17, 15) is 0 Å². The third kappa shape index (κ3) is 1.75. The van der Waals surface area contributed by atoms with Gasteiger partial charge in [0.2, 0.25) is 0 Å². The molecule has 1 aliphatic rings. The molecule has 1 fully saturated rings. The lowest BCUT2D eigenvalue weighted by Crippen LogP contribution is -1.98. The van der Waals surface area contributed by atoms with Crippen molar-refractivity contribution in [1.82, 2.24) is 0 Å². The highest BCUT2D eigenvalue weighted by Crippen LogP contribution is 2.30. The SMILES string of the molecule is Cc1ccc([C@@H]2CCCO2)c(C)c1. The van der Waals surface area contributed by atoms with Crippen LogP contribution in [-0.4, -0.2) is 6.61 Å². The largest absolute Gasteiger partial charge is 0.374 e. The normalized spacial score (nSPS) is 22.2. The highest BCUT2D eigenvalue weighted by atomic mass is 16.5. The molecular formula is C12H16O. The van der Waals surface area contributed by atoms with Crippen LogP contribution in [0.2, 0.25) is 0 Å². The molecule has 0 saturated carbocycles. The standard InChI is InChI=1S/C12H16O/c1-9-5-6-11(10(2)8-9)12-4-3-7-13-12/h5-6,8,12H,3-4,7H2,1-2H3/t12-/m0/s1. The molecule has 0 aromatic heterocycles. The second-order valence-electron chi connectivity index (χ2n) is 3.86. The Morgan fingerprint density at radius 2 is 2.15 bits per heavy atom. The summed E-state index contributed by atoms with van der Waals surface area (Å²) < 4.78 is 5.66. The number of hydrogen-bond acceptors (Lipinski definition) is 1. The quantitative estimate of drug-likeness (QED) is 0.638. The van der Waals surface area contributed by atoms with Gasteiger partial charge in [-0.3, -0.25) is 0 Å². The van der Waals surface area contributed by atoms with E-state index in [1.54, 1.807) is 0 Å². The van der Waals surface area contributed by atoms with Crippen molar-refractivity contribution in [3.8, 4) is 0 Å². The highest BCUT2D eigenvalue weighted by molar-refractivity contribution is 5.32. The average Bonchev–Trinajstić information content (AvgIpc) is 2.56. The van der Waals surface area contributed by atoms with Crippen molar-refractivity contribution in [2.24, 2.45) is 0 Å². The third-order valence-corrected chi connectivity index (χ3v) is 2.70. The summed E-state index contributed by atoms with van der Waals surface area (Å²) in [5.74, 6) is 0. The summed E-state index contributed by atoms with van der Waals surface area (Å²) in [7, 11) is 0. The van der Waals surface area contributed by atoms with E-state index in [1.165, 1.54) is 29.5 Å². The van der Waals surface area contributed by atoms with Gasteiger partial charge in [-0.15, -0.1) is 0 Å². The first-order valence-corrected chi connectivity index (χ1v) is 4.96. The smallest absolute Gasteiger partial charge is 0.0828 e. The number of rotatable bonds is 1. The fourth-order valence-electron chi connectivity index (χ4n) is 2.01. The van der Waals surface area contributed by atoms with E-state index in [2.05, 4.69) is 32.0 Å². The van der Waals surface area contributed by atoms with Gasteiger partial charge in [0.05, 0.1) is 6.10 Å². The van der Waals surface area contributed by atoms with Gasteiger partial charge in [-0.25, -0.2) is 0 Å². The maximum atomic E-state index is 5.66. The van der Waals surface area contributed by atoms with Gasteiger partial charge in [0.1, 0.15) is 0 Å². The van der Waals surface area contributed by atoms with Gasteiger partial charge in [-0.05, 0) is 37.8 Å². The molecule has 1 saturated heterocycles. The van der Waals surface area contributed by atoms with Crippen LogP contribution in [0, 0.1) is 13.8 Å². The van der Waals surface area contributed by atoms with Gasteiger partial charge in [0.25, 0.3) is 0 Å². The lowest BCUT2D eigenvalue weighted by Gasteiger charge is -2.13. The molecule has 13 heavy (non-hydrogen) atoms. The summed E-state index contributed by atoms with van der Waals surface area (Å²) in [5, 5.41) is 0. The van der Waals surface area contributed by atoms with Gasteiger partial charge < -0.3 is 4.74 Å². The van der Waals surface area contributed by atoms with Crippen LogP contribution in [0.5, 0.6) is 0 Å². The van der Waals surface area contributed by atoms with Crippen LogP contribution in [0.4, 0.5) is 0 Å². The Bertz CT molecular complexity index is 298. The molecule has 70 valence electrons. The summed E-state index contributed by atoms with van der Waals surface area (Å²) >= 11 is 0. The highest BCUT2D eigenvalue weighted by Gasteiger charge is 2.18. The van der Waals surface area contributed by atoms with Crippen LogP contribution in [0.1, 0.15) is 35.6 Å². The van der Waals surface area contributed by atoms with Gasteiger partial charge >= 0.3 is 0 Å². The Morgan fingerprint density at radius 1 is 1.31 bits per heavy atom. The number of benzene rings is 1. The second-order valence-corrected chi connectivity index (χ2v) is 3.86. The number of hydrogen-bond donors (Lipinski definition) is 0. The fourth-order valence-corrected chi connectivity index (χ4v) is 2.01. The van der Waals surface area contributed by atoms with Crippen LogP contribution < -0.4 is 0 Å². The maximum Gasteiger partial charge on any atom is 0.0828 e. The minimum absolute atomic E-state index is 0.362. The van der Waals surface area contributed by atoms with E-state index < -0.39 is 0 Å². The van der Waals surface area contributed by atoms with Crippen molar-refractivity contribution < 1.29 is 4.74 Å². The Kier molecular flexibility index (Phi) is 2.36. The van der Waals surface area contributed by atoms with Gasteiger partial charge in [-0.1, -0.05) is 23.8 Å². The van der Waals surface area contributed by atoms with E-state index in [0.29, 0.717) is 6.10 Å². The zero-order valence-electron chi connectivity index (χ0n) is 8.34. The molecule has 0 radical (unpaired) electrons. The zero-order chi connectivity index (χ0) is 9.26. The van der Waals surface area contributed by atoms with E-state index in [1.807, 2.05) is 0 Å². The predicted molar refractivity (Wildman–Crippen MR) is 53.8 cm³/mol. The molecule has 0 spiro atoms. The van der Waals surface area contributed by atoms with Crippen LogP contribution in [-0.2, 0) is 4.74 Å². The third-order valence-electron chi connectivity index (χ3n) is 2.70. The molecule has 1 aromatic rings. The molecular weight excluding hydrogens is 160 g/mol. The Hall–Kier alpha value is -0.820. The lowest BCUT2D eigenvalue weighted by molar-refractivity contribution is 0.111. The minimum atomic E-state index is 0.362. The summed E-state index contributed by atoms with van der Waals surface area (Å²) in [6, 6.07) is 6.61. The molecule has 1 aromatic carbocycles. The molecule has 1 atom stereocenters. The van der Waals surface area contributed by atoms with E-state index in [-0.39, 0.29) is 0 Å².